The molecule has 1 aromatic heterocycles. The van der Waals surface area contributed by atoms with Gasteiger partial charge in [-0.25, -0.2) is 4.98 Å². The number of fused-ring (bicyclic) bond motifs is 4. The molecule has 0 aliphatic heterocycles. The molecule has 122 valence electrons. The molecule has 3 aromatic rings. The number of aromatic nitrogens is 1. The molecule has 2 nitrogen and oxygen atoms in total. The van der Waals surface area contributed by atoms with Crippen molar-refractivity contribution in [2.75, 3.05) is 0 Å². The van der Waals surface area contributed by atoms with E-state index in [1.165, 1.54) is 0 Å². The highest BCUT2D eigenvalue weighted by Crippen LogP contribution is 2.41. The van der Waals surface area contributed by atoms with E-state index < -0.39 is 0 Å². The molecule has 1 N–H and O–H groups in total. The Balaban J connectivity index is 2.11. The summed E-state index contributed by atoms with van der Waals surface area (Å²) in [6.07, 6.45) is 1.58. The molecule has 0 bridgehead atoms. The number of hydrogen-bond donors (Lipinski definition) is 1. The Morgan fingerprint density at radius 2 is 1.67 bits per heavy atom. The summed E-state index contributed by atoms with van der Waals surface area (Å²) in [7, 11) is 0. The third kappa shape index (κ3) is 2.49. The molecule has 1 heterocycles. The zero-order chi connectivity index (χ0) is 17.0. The van der Waals surface area contributed by atoms with E-state index in [-0.39, 0.29) is 6.61 Å². The molecule has 2 aromatic carbocycles. The van der Waals surface area contributed by atoms with Gasteiger partial charge in [-0.05, 0) is 53.8 Å². The summed E-state index contributed by atoms with van der Waals surface area (Å²) in [5, 5.41) is 12.7. The Morgan fingerprint density at radius 1 is 0.917 bits per heavy atom. The zero-order valence-electron chi connectivity index (χ0n) is 12.3. The second-order valence-electron chi connectivity index (χ2n) is 5.78. The second-order valence-corrected chi connectivity index (χ2v) is 7.44. The molecule has 4 rings (SSSR count). The lowest BCUT2D eigenvalue weighted by atomic mass is 9.85. The lowest BCUT2D eigenvalue weighted by Gasteiger charge is -2.23. The Morgan fingerprint density at radius 3 is 2.42 bits per heavy atom. The molecule has 6 heteroatoms. The van der Waals surface area contributed by atoms with E-state index in [1.807, 2.05) is 12.1 Å². The Hall–Kier alpha value is -1.03. The van der Waals surface area contributed by atoms with Gasteiger partial charge in [0.1, 0.15) is 0 Å². The average molecular weight is 399 g/mol. The van der Waals surface area contributed by atoms with Gasteiger partial charge >= 0.3 is 0 Å². The van der Waals surface area contributed by atoms with Gasteiger partial charge in [0.2, 0.25) is 0 Å². The van der Waals surface area contributed by atoms with Crippen LogP contribution in [0.15, 0.2) is 24.3 Å². The third-order valence-electron chi connectivity index (χ3n) is 4.43. The van der Waals surface area contributed by atoms with Crippen molar-refractivity contribution >= 4 is 57.3 Å². The molecule has 0 fully saturated rings. The number of halogens is 4. The standard InChI is InChI=1S/C18H11Cl4NO/c19-9-4-12-13(7-24)10-2-1-8-3-14(20)15(21)6-11(8)17(10)23-18(12)16(22)5-9/h3-6,24H,1-2,7H2. The van der Waals surface area contributed by atoms with Gasteiger partial charge in [-0.1, -0.05) is 46.4 Å². The Bertz CT molecular complexity index is 1000. The molecule has 0 spiro atoms. The molecule has 24 heavy (non-hydrogen) atoms. The van der Waals surface area contributed by atoms with Crippen LogP contribution in [0.1, 0.15) is 16.7 Å². The van der Waals surface area contributed by atoms with Crippen LogP contribution < -0.4 is 0 Å². The lowest BCUT2D eigenvalue weighted by molar-refractivity contribution is 0.282. The van der Waals surface area contributed by atoms with Crippen LogP contribution in [0.4, 0.5) is 0 Å². The van der Waals surface area contributed by atoms with Crippen LogP contribution in [0, 0.1) is 0 Å². The fraction of sp³-hybridized carbons (Fsp3) is 0.167. The van der Waals surface area contributed by atoms with Gasteiger partial charge in [0.25, 0.3) is 0 Å². The normalized spacial score (nSPS) is 13.0. The summed E-state index contributed by atoms with van der Waals surface area (Å²) in [4.78, 5) is 4.77. The van der Waals surface area contributed by atoms with Gasteiger partial charge in [-0.15, -0.1) is 0 Å². The van der Waals surface area contributed by atoms with Crippen molar-refractivity contribution in [2.45, 2.75) is 19.4 Å². The van der Waals surface area contributed by atoms with Crippen molar-refractivity contribution in [3.05, 3.63) is 61.0 Å². The molecule has 0 atom stereocenters. The number of pyridine rings is 1. The Kier molecular flexibility index (Phi) is 4.14. The molecule has 1 aliphatic carbocycles. The number of aliphatic hydroxyl groups excluding tert-OH is 1. The number of aryl methyl sites for hydroxylation is 1. The van der Waals surface area contributed by atoms with Crippen molar-refractivity contribution in [3.63, 3.8) is 0 Å². The van der Waals surface area contributed by atoms with Crippen LogP contribution in [0.3, 0.4) is 0 Å². The van der Waals surface area contributed by atoms with Gasteiger partial charge in [0.15, 0.2) is 0 Å². The predicted molar refractivity (Wildman–Crippen MR) is 101 cm³/mol. The van der Waals surface area contributed by atoms with E-state index in [0.717, 1.165) is 46.2 Å². The van der Waals surface area contributed by atoms with Gasteiger partial charge in [-0.2, -0.15) is 0 Å². The van der Waals surface area contributed by atoms with Crippen LogP contribution in [0.5, 0.6) is 0 Å². The molecule has 0 radical (unpaired) electrons. The molecule has 1 aliphatic rings. The Labute approximate surface area is 158 Å². The number of hydrogen-bond acceptors (Lipinski definition) is 2. The van der Waals surface area contributed by atoms with E-state index in [0.29, 0.717) is 25.6 Å². The maximum Gasteiger partial charge on any atom is 0.0900 e. The summed E-state index contributed by atoms with van der Waals surface area (Å²) >= 11 is 24.8. The van der Waals surface area contributed by atoms with Crippen LogP contribution >= 0.6 is 46.4 Å². The van der Waals surface area contributed by atoms with Crippen molar-refractivity contribution in [1.82, 2.24) is 4.98 Å². The lowest BCUT2D eigenvalue weighted by Crippen LogP contribution is -2.10. The minimum atomic E-state index is -0.103. The first kappa shape index (κ1) is 16.4. The summed E-state index contributed by atoms with van der Waals surface area (Å²) in [5.41, 5.74) is 5.29. The topological polar surface area (TPSA) is 33.1 Å². The van der Waals surface area contributed by atoms with Crippen molar-refractivity contribution < 1.29 is 5.11 Å². The van der Waals surface area contributed by atoms with Crippen LogP contribution in [-0.4, -0.2) is 10.1 Å². The van der Waals surface area contributed by atoms with E-state index in [4.69, 9.17) is 51.4 Å². The fourth-order valence-corrected chi connectivity index (χ4v) is 4.23. The first-order valence-electron chi connectivity index (χ1n) is 7.39. The number of rotatable bonds is 1. The molecule has 0 saturated carbocycles. The number of aliphatic hydroxyl groups is 1. The van der Waals surface area contributed by atoms with Gasteiger partial charge in [0, 0.05) is 16.0 Å². The number of benzene rings is 2. The maximum atomic E-state index is 9.96. The quantitative estimate of drug-likeness (QED) is 0.536. The minimum Gasteiger partial charge on any atom is -0.392 e. The summed E-state index contributed by atoms with van der Waals surface area (Å²) in [6, 6.07) is 7.17. The maximum absolute atomic E-state index is 9.96. The van der Waals surface area contributed by atoms with E-state index in [9.17, 15) is 5.11 Å². The highest BCUT2D eigenvalue weighted by molar-refractivity contribution is 6.42. The van der Waals surface area contributed by atoms with Crippen LogP contribution in [0.2, 0.25) is 20.1 Å². The average Bonchev–Trinajstić information content (AvgIpc) is 2.54. The monoisotopic (exact) mass is 397 g/mol. The van der Waals surface area contributed by atoms with Crippen molar-refractivity contribution in [3.8, 4) is 11.3 Å². The first-order chi connectivity index (χ1) is 11.5. The molecule has 0 saturated heterocycles. The first-order valence-corrected chi connectivity index (χ1v) is 8.90. The van der Waals surface area contributed by atoms with Gasteiger partial charge in [-0.3, -0.25) is 0 Å². The third-order valence-corrected chi connectivity index (χ3v) is 5.66. The highest BCUT2D eigenvalue weighted by atomic mass is 35.5. The summed E-state index contributed by atoms with van der Waals surface area (Å²) < 4.78 is 0. The smallest absolute Gasteiger partial charge is 0.0900 e. The van der Waals surface area contributed by atoms with Crippen LogP contribution in [-0.2, 0) is 19.4 Å². The molecular formula is C18H11Cl4NO. The SMILES string of the molecule is OCc1c2c(nc3c(Cl)cc(Cl)cc13)-c1cc(Cl)c(Cl)cc1CC2. The summed E-state index contributed by atoms with van der Waals surface area (Å²) in [6.45, 7) is -0.103. The molecule has 0 unspecified atom stereocenters. The zero-order valence-corrected chi connectivity index (χ0v) is 15.4. The summed E-state index contributed by atoms with van der Waals surface area (Å²) in [5.74, 6) is 0. The van der Waals surface area contributed by atoms with Crippen molar-refractivity contribution in [1.29, 1.82) is 0 Å². The van der Waals surface area contributed by atoms with Crippen LogP contribution in [0.25, 0.3) is 22.2 Å². The van der Waals surface area contributed by atoms with Crippen molar-refractivity contribution in [2.24, 2.45) is 0 Å². The molecular weight excluding hydrogens is 388 g/mol. The predicted octanol–water partition coefficient (Wildman–Crippen LogP) is 6.11. The largest absolute Gasteiger partial charge is 0.392 e. The van der Waals surface area contributed by atoms with Gasteiger partial charge < -0.3 is 5.11 Å². The van der Waals surface area contributed by atoms with E-state index in [2.05, 4.69) is 0 Å². The fourth-order valence-electron chi connectivity index (χ4n) is 3.34. The minimum absolute atomic E-state index is 0.103. The highest BCUT2D eigenvalue weighted by Gasteiger charge is 2.24. The second kappa shape index (κ2) is 6.05. The molecule has 0 amide bonds. The van der Waals surface area contributed by atoms with E-state index >= 15 is 0 Å². The number of nitrogens with zero attached hydrogens (tertiary/aromatic N) is 1. The van der Waals surface area contributed by atoms with Gasteiger partial charge in [0.05, 0.1) is 32.9 Å². The van der Waals surface area contributed by atoms with E-state index in [1.54, 1.807) is 12.1 Å².